The summed E-state index contributed by atoms with van der Waals surface area (Å²) in [6, 6.07) is 14.3. The Morgan fingerprint density at radius 3 is 2.55 bits per heavy atom. The maximum Gasteiger partial charge on any atom is 0.270 e. The molecule has 150 valence electrons. The monoisotopic (exact) mass is 392 g/mol. The molecule has 1 aliphatic heterocycles. The van der Waals surface area contributed by atoms with Crippen LogP contribution >= 0.6 is 0 Å². The summed E-state index contributed by atoms with van der Waals surface area (Å²) in [5.74, 6) is 0.0556. The fourth-order valence-electron chi connectivity index (χ4n) is 3.90. The third kappa shape index (κ3) is 4.21. The van der Waals surface area contributed by atoms with Gasteiger partial charge >= 0.3 is 0 Å². The third-order valence-corrected chi connectivity index (χ3v) is 5.48. The Bertz CT molecular complexity index is 959. The molecule has 7 heteroatoms. The van der Waals surface area contributed by atoms with Gasteiger partial charge in [0, 0.05) is 43.4 Å². The number of hydrogen-bond acceptors (Lipinski definition) is 5. The summed E-state index contributed by atoms with van der Waals surface area (Å²) in [5.41, 5.74) is 2.91. The molecule has 2 aromatic carbocycles. The van der Waals surface area contributed by atoms with Crippen molar-refractivity contribution >= 4 is 23.0 Å². The summed E-state index contributed by atoms with van der Waals surface area (Å²) in [7, 11) is 0. The molecule has 0 spiro atoms. The number of piperidine rings is 1. The van der Waals surface area contributed by atoms with E-state index >= 15 is 0 Å². The van der Waals surface area contributed by atoms with E-state index in [2.05, 4.69) is 6.07 Å². The Morgan fingerprint density at radius 2 is 1.97 bits per heavy atom. The van der Waals surface area contributed by atoms with Crippen LogP contribution in [0.2, 0.25) is 0 Å². The van der Waals surface area contributed by atoms with Gasteiger partial charge in [0.15, 0.2) is 0 Å². The molecule has 0 aliphatic carbocycles. The molecule has 0 radical (unpaired) electrons. The van der Waals surface area contributed by atoms with E-state index in [0.717, 1.165) is 11.3 Å². The topological polar surface area (TPSA) is 90.5 Å². The first-order chi connectivity index (χ1) is 14.0. The Balaban J connectivity index is 1.72. The van der Waals surface area contributed by atoms with Crippen LogP contribution in [0.1, 0.15) is 30.9 Å². The van der Waals surface area contributed by atoms with E-state index in [1.807, 2.05) is 47.9 Å². The van der Waals surface area contributed by atoms with Crippen molar-refractivity contribution in [3.05, 3.63) is 63.7 Å². The van der Waals surface area contributed by atoms with E-state index in [9.17, 15) is 20.2 Å². The highest BCUT2D eigenvalue weighted by molar-refractivity contribution is 5.95. The lowest BCUT2D eigenvalue weighted by Crippen LogP contribution is -2.43. The number of hydrogen-bond donors (Lipinski definition) is 0. The van der Waals surface area contributed by atoms with E-state index in [4.69, 9.17) is 0 Å². The number of benzene rings is 2. The molecule has 0 atom stereocenters. The van der Waals surface area contributed by atoms with Gasteiger partial charge in [-0.2, -0.15) is 5.26 Å². The van der Waals surface area contributed by atoms with Gasteiger partial charge in [-0.25, -0.2) is 0 Å². The van der Waals surface area contributed by atoms with Crippen LogP contribution in [-0.2, 0) is 4.79 Å². The first-order valence-corrected chi connectivity index (χ1v) is 9.76. The highest BCUT2D eigenvalue weighted by Gasteiger charge is 2.30. The molecule has 0 aromatic heterocycles. The summed E-state index contributed by atoms with van der Waals surface area (Å²) in [6.45, 7) is 5.87. The number of nitriles is 1. The van der Waals surface area contributed by atoms with Crippen molar-refractivity contribution < 1.29 is 9.72 Å². The molecule has 1 heterocycles. The number of para-hydroxylation sites is 1. The summed E-state index contributed by atoms with van der Waals surface area (Å²) >= 11 is 0. The van der Waals surface area contributed by atoms with Gasteiger partial charge in [0.1, 0.15) is 6.07 Å². The van der Waals surface area contributed by atoms with Crippen molar-refractivity contribution in [3.63, 3.8) is 0 Å². The van der Waals surface area contributed by atoms with Gasteiger partial charge < -0.3 is 9.80 Å². The number of carbonyl (C=O) groups excluding carboxylic acids is 1. The molecule has 1 aliphatic rings. The number of anilines is 2. The summed E-state index contributed by atoms with van der Waals surface area (Å²) in [4.78, 5) is 27.5. The minimum Gasteiger partial charge on any atom is -0.370 e. The number of rotatable bonds is 5. The van der Waals surface area contributed by atoms with Gasteiger partial charge in [-0.15, -0.1) is 0 Å². The van der Waals surface area contributed by atoms with E-state index in [-0.39, 0.29) is 17.5 Å². The molecule has 0 unspecified atom stereocenters. The van der Waals surface area contributed by atoms with Crippen LogP contribution in [0.4, 0.5) is 17.1 Å². The van der Waals surface area contributed by atoms with Gasteiger partial charge in [-0.05, 0) is 44.4 Å². The summed E-state index contributed by atoms with van der Waals surface area (Å²) in [5, 5.41) is 20.3. The normalized spacial score (nSPS) is 14.3. The number of non-ortho nitro benzene ring substituents is 1. The van der Waals surface area contributed by atoms with Crippen molar-refractivity contribution in [2.24, 2.45) is 5.92 Å². The first-order valence-electron chi connectivity index (χ1n) is 9.76. The number of nitro benzene ring substituents is 1. The van der Waals surface area contributed by atoms with Crippen molar-refractivity contribution in [2.45, 2.75) is 26.7 Å². The zero-order valence-corrected chi connectivity index (χ0v) is 16.7. The van der Waals surface area contributed by atoms with Crippen LogP contribution in [-0.4, -0.2) is 30.5 Å². The van der Waals surface area contributed by atoms with Gasteiger partial charge in [0.05, 0.1) is 16.2 Å². The molecule has 0 bridgehead atoms. The maximum absolute atomic E-state index is 13.1. The molecular weight excluding hydrogens is 368 g/mol. The molecule has 3 rings (SSSR count). The van der Waals surface area contributed by atoms with Crippen molar-refractivity contribution in [1.29, 1.82) is 5.26 Å². The molecule has 1 saturated heterocycles. The average molecular weight is 392 g/mol. The Labute approximate surface area is 170 Å². The van der Waals surface area contributed by atoms with Crippen molar-refractivity contribution in [3.8, 4) is 6.07 Å². The minimum absolute atomic E-state index is 0.0746. The molecule has 0 saturated carbocycles. The molecule has 2 aromatic rings. The van der Waals surface area contributed by atoms with Crippen LogP contribution < -0.4 is 9.80 Å². The van der Waals surface area contributed by atoms with Crippen LogP contribution in [0.3, 0.4) is 0 Å². The average Bonchev–Trinajstić information content (AvgIpc) is 2.75. The van der Waals surface area contributed by atoms with Crippen LogP contribution in [0, 0.1) is 34.3 Å². The predicted molar refractivity (Wildman–Crippen MR) is 112 cm³/mol. The Hall–Kier alpha value is -3.40. The second-order valence-corrected chi connectivity index (χ2v) is 7.20. The van der Waals surface area contributed by atoms with Gasteiger partial charge in [0.25, 0.3) is 5.69 Å². The number of nitrogens with zero attached hydrogens (tertiary/aromatic N) is 4. The SMILES string of the molecule is CCN(C(=O)C1CCN(c2ccc([N+](=O)[O-])cc2C#N)CC1)c1ccccc1C. The van der Waals surface area contributed by atoms with Crippen LogP contribution in [0.25, 0.3) is 0 Å². The fourth-order valence-corrected chi connectivity index (χ4v) is 3.90. The largest absolute Gasteiger partial charge is 0.370 e. The standard InChI is InChI=1S/C22H24N4O3/c1-3-25(20-7-5-4-6-16(20)2)22(27)17-10-12-24(13-11-17)21-9-8-19(26(28)29)14-18(21)15-23/h4-9,14,17H,3,10-13H2,1-2H3. The fraction of sp³-hybridized carbons (Fsp3) is 0.364. The minimum atomic E-state index is -0.500. The van der Waals surface area contributed by atoms with E-state index < -0.39 is 4.92 Å². The molecule has 29 heavy (non-hydrogen) atoms. The van der Waals surface area contributed by atoms with Gasteiger partial charge in [-0.3, -0.25) is 14.9 Å². The van der Waals surface area contributed by atoms with Crippen LogP contribution in [0.15, 0.2) is 42.5 Å². The second-order valence-electron chi connectivity index (χ2n) is 7.20. The number of nitro groups is 1. The van der Waals surface area contributed by atoms with Gasteiger partial charge in [0.2, 0.25) is 5.91 Å². The maximum atomic E-state index is 13.1. The van der Waals surface area contributed by atoms with Crippen molar-refractivity contribution in [1.82, 2.24) is 0 Å². The van der Waals surface area contributed by atoms with Crippen LogP contribution in [0.5, 0.6) is 0 Å². The number of amides is 1. The lowest BCUT2D eigenvalue weighted by molar-refractivity contribution is -0.384. The molecular formula is C22H24N4O3. The molecule has 1 fully saturated rings. The summed E-state index contributed by atoms with van der Waals surface area (Å²) < 4.78 is 0. The summed E-state index contributed by atoms with van der Waals surface area (Å²) in [6.07, 6.45) is 1.37. The Morgan fingerprint density at radius 1 is 1.28 bits per heavy atom. The molecule has 0 N–H and O–H groups in total. The zero-order valence-electron chi connectivity index (χ0n) is 16.7. The highest BCUT2D eigenvalue weighted by Crippen LogP contribution is 2.31. The molecule has 1 amide bonds. The lowest BCUT2D eigenvalue weighted by atomic mass is 9.94. The third-order valence-electron chi connectivity index (χ3n) is 5.48. The second kappa shape index (κ2) is 8.74. The number of aryl methyl sites for hydroxylation is 1. The van der Waals surface area contributed by atoms with E-state index in [1.54, 1.807) is 6.07 Å². The molecule has 7 nitrogen and oxygen atoms in total. The zero-order chi connectivity index (χ0) is 21.0. The van der Waals surface area contributed by atoms with E-state index in [0.29, 0.717) is 43.7 Å². The van der Waals surface area contributed by atoms with Crippen molar-refractivity contribution in [2.75, 3.05) is 29.4 Å². The lowest BCUT2D eigenvalue weighted by Gasteiger charge is -2.35. The highest BCUT2D eigenvalue weighted by atomic mass is 16.6. The smallest absolute Gasteiger partial charge is 0.270 e. The Kier molecular flexibility index (Phi) is 6.13. The first kappa shape index (κ1) is 20.3. The predicted octanol–water partition coefficient (Wildman–Crippen LogP) is 4.04. The van der Waals surface area contributed by atoms with Gasteiger partial charge in [-0.1, -0.05) is 18.2 Å². The number of carbonyl (C=O) groups is 1. The van der Waals surface area contributed by atoms with E-state index in [1.165, 1.54) is 12.1 Å². The quantitative estimate of drug-likeness (QED) is 0.566.